The van der Waals surface area contributed by atoms with E-state index in [4.69, 9.17) is 0 Å². The number of pyridine rings is 1. The van der Waals surface area contributed by atoms with Crippen molar-refractivity contribution in [1.29, 1.82) is 0 Å². The molecule has 2 heterocycles. The number of alkyl halides is 2. The summed E-state index contributed by atoms with van der Waals surface area (Å²) in [6, 6.07) is 1.89. The van der Waals surface area contributed by atoms with Gasteiger partial charge in [0.25, 0.3) is 5.92 Å². The van der Waals surface area contributed by atoms with E-state index in [9.17, 15) is 28.4 Å². The minimum absolute atomic E-state index is 0.151. The number of halogens is 2. The van der Waals surface area contributed by atoms with Crippen molar-refractivity contribution < 1.29 is 28.4 Å². The van der Waals surface area contributed by atoms with Gasteiger partial charge in [-0.2, -0.15) is 0 Å². The molecule has 0 radical (unpaired) electrons. The molecular weight excluding hydrogens is 386 g/mol. The predicted molar refractivity (Wildman–Crippen MR) is 100 cm³/mol. The number of carbonyl (C=O) groups excluding carboxylic acids is 3. The fourth-order valence-corrected chi connectivity index (χ4v) is 3.28. The maximum absolute atomic E-state index is 14.1. The van der Waals surface area contributed by atoms with Crippen molar-refractivity contribution >= 4 is 24.0 Å². The summed E-state index contributed by atoms with van der Waals surface area (Å²) in [5, 5.41) is 12.3. The zero-order valence-corrected chi connectivity index (χ0v) is 16.5. The third-order valence-electron chi connectivity index (χ3n) is 4.80. The molecule has 160 valence electrons. The third-order valence-corrected chi connectivity index (χ3v) is 4.80. The Morgan fingerprint density at radius 2 is 2.21 bits per heavy atom. The van der Waals surface area contributed by atoms with E-state index in [1.165, 1.54) is 6.20 Å². The van der Waals surface area contributed by atoms with Gasteiger partial charge in [-0.1, -0.05) is 25.8 Å². The van der Waals surface area contributed by atoms with Gasteiger partial charge in [0.05, 0.1) is 19.0 Å². The smallest absolute Gasteiger partial charge is 0.267 e. The van der Waals surface area contributed by atoms with E-state index in [0.29, 0.717) is 17.9 Å². The van der Waals surface area contributed by atoms with Crippen molar-refractivity contribution in [2.24, 2.45) is 5.92 Å². The van der Waals surface area contributed by atoms with Gasteiger partial charge >= 0.3 is 0 Å². The Morgan fingerprint density at radius 1 is 1.48 bits per heavy atom. The van der Waals surface area contributed by atoms with Crippen LogP contribution >= 0.6 is 0 Å². The molecule has 0 spiro atoms. The van der Waals surface area contributed by atoms with Gasteiger partial charge in [-0.15, -0.1) is 0 Å². The van der Waals surface area contributed by atoms with Gasteiger partial charge in [0.15, 0.2) is 0 Å². The Hall–Kier alpha value is -2.62. The first-order valence-corrected chi connectivity index (χ1v) is 9.49. The average Bonchev–Trinajstić information content (AvgIpc) is 3.01. The Bertz CT molecular complexity index is 729. The van der Waals surface area contributed by atoms with Crippen molar-refractivity contribution in [3.63, 3.8) is 0 Å². The molecular formula is C19H26F2N4O4. The minimum atomic E-state index is -3.21. The molecule has 0 saturated carbocycles. The Morgan fingerprint density at radius 3 is 2.79 bits per heavy atom. The number of amides is 3. The van der Waals surface area contributed by atoms with Crippen LogP contribution < -0.4 is 5.32 Å². The molecule has 1 aliphatic rings. The summed E-state index contributed by atoms with van der Waals surface area (Å²) in [5.74, 6) is -5.33. The van der Waals surface area contributed by atoms with Crippen LogP contribution in [0.1, 0.15) is 38.2 Å². The predicted octanol–water partition coefficient (Wildman–Crippen LogP) is 2.22. The summed E-state index contributed by atoms with van der Waals surface area (Å²) < 4.78 is 28.2. The van der Waals surface area contributed by atoms with Crippen molar-refractivity contribution in [3.8, 4) is 0 Å². The summed E-state index contributed by atoms with van der Waals surface area (Å²) in [5.41, 5.74) is 0.870. The Kier molecular flexibility index (Phi) is 7.60. The molecule has 0 aliphatic carbocycles. The largest absolute Gasteiger partial charge is 0.324 e. The molecule has 2 rings (SSSR count). The maximum atomic E-state index is 14.1. The average molecular weight is 412 g/mol. The third kappa shape index (κ3) is 6.18. The normalized spacial score (nSPS) is 18.9. The molecule has 29 heavy (non-hydrogen) atoms. The topological polar surface area (TPSA) is 103 Å². The van der Waals surface area contributed by atoms with E-state index in [1.54, 1.807) is 12.1 Å². The number of nitrogens with zero attached hydrogens (tertiary/aromatic N) is 3. The van der Waals surface area contributed by atoms with Crippen LogP contribution in [0.4, 0.5) is 14.6 Å². The molecule has 10 heteroatoms. The molecule has 0 bridgehead atoms. The molecule has 3 amide bonds. The molecule has 2 atom stereocenters. The van der Waals surface area contributed by atoms with Crippen LogP contribution in [-0.4, -0.2) is 63.4 Å². The van der Waals surface area contributed by atoms with Crippen LogP contribution in [0, 0.1) is 12.8 Å². The number of anilines is 1. The first kappa shape index (κ1) is 22.7. The fraction of sp³-hybridized carbons (Fsp3) is 0.579. The van der Waals surface area contributed by atoms with Gasteiger partial charge in [0, 0.05) is 12.6 Å². The summed E-state index contributed by atoms with van der Waals surface area (Å²) in [6.07, 6.45) is 2.53. The number of hydrogen-bond acceptors (Lipinski definition) is 5. The van der Waals surface area contributed by atoms with E-state index in [-0.39, 0.29) is 18.8 Å². The summed E-state index contributed by atoms with van der Waals surface area (Å²) in [6.45, 7) is 2.50. The lowest BCUT2D eigenvalue weighted by Crippen LogP contribution is -2.47. The van der Waals surface area contributed by atoms with Crippen molar-refractivity contribution in [2.75, 3.05) is 18.4 Å². The van der Waals surface area contributed by atoms with Crippen molar-refractivity contribution in [3.05, 3.63) is 23.9 Å². The zero-order chi connectivity index (χ0) is 21.6. The standard InChI is InChI=1S/C19H26F2N4O4/c1-3-4-5-14(10-24(29)12-26)18(28)25-11-19(20,21)8-15(25)17(27)23-16-7-6-13(2)9-22-16/h6-7,9,12,14-15,29H,3-5,8,10-11H2,1-2H3,(H,22,23,27)/t14-,15+/m1/s1. The highest BCUT2D eigenvalue weighted by molar-refractivity contribution is 5.97. The highest BCUT2D eigenvalue weighted by Gasteiger charge is 2.51. The second kappa shape index (κ2) is 9.73. The minimum Gasteiger partial charge on any atom is -0.324 e. The van der Waals surface area contributed by atoms with Crippen LogP contribution in [0.15, 0.2) is 18.3 Å². The molecule has 1 aromatic heterocycles. The monoisotopic (exact) mass is 412 g/mol. The summed E-state index contributed by atoms with van der Waals surface area (Å²) in [4.78, 5) is 41.2. The van der Waals surface area contributed by atoms with Crippen molar-refractivity contribution in [2.45, 2.75) is 51.5 Å². The van der Waals surface area contributed by atoms with Crippen LogP contribution in [0.25, 0.3) is 0 Å². The van der Waals surface area contributed by atoms with Gasteiger partial charge in [0.2, 0.25) is 18.2 Å². The number of unbranched alkanes of at least 4 members (excludes halogenated alkanes) is 1. The van der Waals surface area contributed by atoms with Crippen LogP contribution in [-0.2, 0) is 14.4 Å². The second-order valence-corrected chi connectivity index (χ2v) is 7.32. The number of likely N-dealkylation sites (tertiary alicyclic amines) is 1. The molecule has 1 saturated heterocycles. The van der Waals surface area contributed by atoms with Gasteiger partial charge in [-0.25, -0.2) is 18.8 Å². The van der Waals surface area contributed by atoms with Crippen LogP contribution in [0.3, 0.4) is 0 Å². The summed E-state index contributed by atoms with van der Waals surface area (Å²) in [7, 11) is 0. The summed E-state index contributed by atoms with van der Waals surface area (Å²) >= 11 is 0. The van der Waals surface area contributed by atoms with Crippen molar-refractivity contribution in [1.82, 2.24) is 14.9 Å². The Balaban J connectivity index is 2.19. The number of carbonyl (C=O) groups is 3. The SMILES string of the molecule is CCCC[C@H](CN(O)C=O)C(=O)N1CC(F)(F)C[C@H]1C(=O)Nc1ccc(C)cn1. The lowest BCUT2D eigenvalue weighted by Gasteiger charge is -2.28. The van der Waals surface area contributed by atoms with Gasteiger partial charge < -0.3 is 10.2 Å². The highest BCUT2D eigenvalue weighted by Crippen LogP contribution is 2.34. The number of aryl methyl sites for hydroxylation is 1. The first-order valence-electron chi connectivity index (χ1n) is 9.49. The van der Waals surface area contributed by atoms with E-state index in [1.807, 2.05) is 13.8 Å². The number of hydrogen-bond donors (Lipinski definition) is 2. The molecule has 1 fully saturated rings. The fourth-order valence-electron chi connectivity index (χ4n) is 3.28. The van der Waals surface area contributed by atoms with E-state index < -0.39 is 42.7 Å². The van der Waals surface area contributed by atoms with Gasteiger partial charge in [-0.3, -0.25) is 19.6 Å². The van der Waals surface area contributed by atoms with E-state index in [2.05, 4.69) is 10.3 Å². The zero-order valence-electron chi connectivity index (χ0n) is 16.5. The van der Waals surface area contributed by atoms with Crippen LogP contribution in [0.5, 0.6) is 0 Å². The highest BCUT2D eigenvalue weighted by atomic mass is 19.3. The number of nitrogens with one attached hydrogen (secondary N) is 1. The molecule has 8 nitrogen and oxygen atoms in total. The lowest BCUT2D eigenvalue weighted by atomic mass is 9.99. The molecule has 2 N–H and O–H groups in total. The second-order valence-electron chi connectivity index (χ2n) is 7.32. The molecule has 0 aromatic carbocycles. The quantitative estimate of drug-likeness (QED) is 0.368. The molecule has 0 unspecified atom stereocenters. The Labute approximate surface area is 167 Å². The number of aromatic nitrogens is 1. The van der Waals surface area contributed by atoms with E-state index in [0.717, 1.165) is 16.9 Å². The van der Waals surface area contributed by atoms with Gasteiger partial charge in [0.1, 0.15) is 11.9 Å². The maximum Gasteiger partial charge on any atom is 0.267 e. The number of hydroxylamine groups is 2. The lowest BCUT2D eigenvalue weighted by molar-refractivity contribution is -0.158. The van der Waals surface area contributed by atoms with Crippen LogP contribution in [0.2, 0.25) is 0 Å². The van der Waals surface area contributed by atoms with E-state index >= 15 is 0 Å². The number of rotatable bonds is 9. The first-order chi connectivity index (χ1) is 13.7. The molecule has 1 aromatic rings. The molecule has 1 aliphatic heterocycles. The van der Waals surface area contributed by atoms with Gasteiger partial charge in [-0.05, 0) is 25.0 Å².